The molecule has 2 aromatic carbocycles. The summed E-state index contributed by atoms with van der Waals surface area (Å²) in [4.78, 5) is 27.7. The van der Waals surface area contributed by atoms with E-state index in [0.29, 0.717) is 16.8 Å². The molecule has 0 radical (unpaired) electrons. The summed E-state index contributed by atoms with van der Waals surface area (Å²) in [5, 5.41) is 2.83. The van der Waals surface area contributed by atoms with Crippen molar-refractivity contribution < 1.29 is 14.3 Å². The van der Waals surface area contributed by atoms with E-state index in [1.54, 1.807) is 48.8 Å². The molecular formula is C21H21ClN4O3. The number of benzene rings is 2. The minimum absolute atomic E-state index is 0. The van der Waals surface area contributed by atoms with Crippen LogP contribution in [0, 0.1) is 0 Å². The topological polar surface area (TPSA) is 120 Å². The number of carbonyl (C=O) groups is 2. The van der Waals surface area contributed by atoms with Crippen LogP contribution < -0.4 is 16.8 Å². The SMILES string of the molecule is Cl.NC(=O)c1ccc(C(NC(=O)OCc2cccnc2)c2ccccc2N)cc1. The number of rotatable bonds is 6. The molecule has 0 bridgehead atoms. The molecule has 8 heteroatoms. The van der Waals surface area contributed by atoms with Gasteiger partial charge in [-0.3, -0.25) is 9.78 Å². The van der Waals surface area contributed by atoms with Gasteiger partial charge in [0, 0.05) is 34.8 Å². The van der Waals surface area contributed by atoms with Crippen LogP contribution in [0.1, 0.15) is 33.1 Å². The van der Waals surface area contributed by atoms with Gasteiger partial charge in [0.15, 0.2) is 0 Å². The van der Waals surface area contributed by atoms with Crippen molar-refractivity contribution in [2.24, 2.45) is 5.73 Å². The number of amides is 2. The summed E-state index contributed by atoms with van der Waals surface area (Å²) in [6, 6.07) is 16.9. The van der Waals surface area contributed by atoms with E-state index >= 15 is 0 Å². The van der Waals surface area contributed by atoms with E-state index in [0.717, 1.165) is 11.1 Å². The normalized spacial score (nSPS) is 11.0. The number of nitrogen functional groups attached to an aromatic ring is 1. The largest absolute Gasteiger partial charge is 0.445 e. The van der Waals surface area contributed by atoms with Crippen LogP contribution in [0.3, 0.4) is 0 Å². The second kappa shape index (κ2) is 10.1. The zero-order valence-electron chi connectivity index (χ0n) is 15.4. The molecule has 2 amide bonds. The van der Waals surface area contributed by atoms with Gasteiger partial charge in [-0.2, -0.15) is 0 Å². The lowest BCUT2D eigenvalue weighted by molar-refractivity contribution is 0.1000. The van der Waals surface area contributed by atoms with Gasteiger partial charge in [-0.15, -0.1) is 12.4 Å². The number of pyridine rings is 1. The Hall–Kier alpha value is -3.58. The van der Waals surface area contributed by atoms with Crippen molar-refractivity contribution in [1.82, 2.24) is 10.3 Å². The Balaban J connectivity index is 0.00000300. The molecule has 0 aliphatic carbocycles. The lowest BCUT2D eigenvalue weighted by Crippen LogP contribution is -2.30. The fourth-order valence-electron chi connectivity index (χ4n) is 2.75. The number of ether oxygens (including phenoxy) is 1. The molecule has 0 fully saturated rings. The van der Waals surface area contributed by atoms with Crippen LogP contribution in [0.25, 0.3) is 0 Å². The summed E-state index contributed by atoms with van der Waals surface area (Å²) in [7, 11) is 0. The van der Waals surface area contributed by atoms with E-state index in [1.807, 2.05) is 24.3 Å². The number of anilines is 1. The first kappa shape index (κ1) is 21.7. The summed E-state index contributed by atoms with van der Waals surface area (Å²) >= 11 is 0. The molecule has 1 aromatic heterocycles. The average Bonchev–Trinajstić information content (AvgIpc) is 2.72. The summed E-state index contributed by atoms with van der Waals surface area (Å²) < 4.78 is 5.30. The van der Waals surface area contributed by atoms with E-state index in [-0.39, 0.29) is 19.0 Å². The van der Waals surface area contributed by atoms with E-state index in [2.05, 4.69) is 10.3 Å². The molecule has 0 spiro atoms. The summed E-state index contributed by atoms with van der Waals surface area (Å²) in [5.74, 6) is -0.522. The Morgan fingerprint density at radius 2 is 1.76 bits per heavy atom. The number of alkyl carbamates (subject to hydrolysis) is 1. The monoisotopic (exact) mass is 412 g/mol. The number of primary amides is 1. The Morgan fingerprint density at radius 1 is 1.03 bits per heavy atom. The molecule has 0 aliphatic rings. The van der Waals surface area contributed by atoms with Crippen LogP contribution in [0.4, 0.5) is 10.5 Å². The van der Waals surface area contributed by atoms with Crippen molar-refractivity contribution >= 4 is 30.1 Å². The van der Waals surface area contributed by atoms with Gasteiger partial charge in [-0.05, 0) is 29.8 Å². The third kappa shape index (κ3) is 5.70. The van der Waals surface area contributed by atoms with Gasteiger partial charge >= 0.3 is 6.09 Å². The first-order valence-electron chi connectivity index (χ1n) is 8.61. The predicted octanol–water partition coefficient (Wildman–Crippen LogP) is 3.20. The van der Waals surface area contributed by atoms with E-state index < -0.39 is 18.0 Å². The molecule has 150 valence electrons. The first-order valence-corrected chi connectivity index (χ1v) is 8.61. The van der Waals surface area contributed by atoms with Crippen LogP contribution in [-0.4, -0.2) is 17.0 Å². The fraction of sp³-hybridized carbons (Fsp3) is 0.0952. The maximum Gasteiger partial charge on any atom is 0.408 e. The van der Waals surface area contributed by atoms with Gasteiger partial charge in [0.2, 0.25) is 5.91 Å². The molecule has 0 saturated carbocycles. The van der Waals surface area contributed by atoms with E-state index in [9.17, 15) is 9.59 Å². The molecule has 1 atom stereocenters. The Kier molecular flexibility index (Phi) is 7.56. The van der Waals surface area contributed by atoms with Crippen molar-refractivity contribution in [1.29, 1.82) is 0 Å². The first-order chi connectivity index (χ1) is 13.5. The molecule has 3 rings (SSSR count). The molecule has 0 aliphatic heterocycles. The van der Waals surface area contributed by atoms with Crippen molar-refractivity contribution in [2.45, 2.75) is 12.6 Å². The predicted molar refractivity (Wildman–Crippen MR) is 112 cm³/mol. The van der Waals surface area contributed by atoms with Gasteiger partial charge in [-0.25, -0.2) is 4.79 Å². The number of nitrogens with one attached hydrogen (secondary N) is 1. The minimum Gasteiger partial charge on any atom is -0.445 e. The van der Waals surface area contributed by atoms with E-state index in [1.165, 1.54) is 0 Å². The molecular weight excluding hydrogens is 392 g/mol. The Bertz CT molecular complexity index is 965. The number of hydrogen-bond donors (Lipinski definition) is 3. The van der Waals surface area contributed by atoms with Crippen molar-refractivity contribution in [3.8, 4) is 0 Å². The molecule has 5 N–H and O–H groups in total. The highest BCUT2D eigenvalue weighted by atomic mass is 35.5. The zero-order valence-corrected chi connectivity index (χ0v) is 16.3. The van der Waals surface area contributed by atoms with Crippen molar-refractivity contribution in [3.05, 3.63) is 95.3 Å². The fourth-order valence-corrected chi connectivity index (χ4v) is 2.75. The van der Waals surface area contributed by atoms with Gasteiger partial charge in [0.25, 0.3) is 0 Å². The van der Waals surface area contributed by atoms with Gasteiger partial charge in [0.1, 0.15) is 6.61 Å². The molecule has 3 aromatic rings. The van der Waals surface area contributed by atoms with Crippen LogP contribution in [0.5, 0.6) is 0 Å². The number of carbonyl (C=O) groups excluding carboxylic acids is 2. The molecule has 1 heterocycles. The quantitative estimate of drug-likeness (QED) is 0.537. The Morgan fingerprint density at radius 3 is 2.38 bits per heavy atom. The van der Waals surface area contributed by atoms with Crippen LogP contribution in [0.2, 0.25) is 0 Å². The van der Waals surface area contributed by atoms with Crippen LogP contribution >= 0.6 is 12.4 Å². The summed E-state index contributed by atoms with van der Waals surface area (Å²) in [6.45, 7) is 0.0945. The minimum atomic E-state index is -0.601. The van der Waals surface area contributed by atoms with Crippen molar-refractivity contribution in [2.75, 3.05) is 5.73 Å². The second-order valence-electron chi connectivity index (χ2n) is 6.13. The molecule has 29 heavy (non-hydrogen) atoms. The lowest BCUT2D eigenvalue weighted by Gasteiger charge is -2.21. The highest BCUT2D eigenvalue weighted by molar-refractivity contribution is 5.92. The van der Waals surface area contributed by atoms with Gasteiger partial charge < -0.3 is 21.5 Å². The van der Waals surface area contributed by atoms with E-state index in [4.69, 9.17) is 16.2 Å². The number of hydrogen-bond acceptors (Lipinski definition) is 5. The highest BCUT2D eigenvalue weighted by Crippen LogP contribution is 2.27. The molecule has 0 saturated heterocycles. The number of halogens is 1. The van der Waals surface area contributed by atoms with Crippen molar-refractivity contribution in [3.63, 3.8) is 0 Å². The summed E-state index contributed by atoms with van der Waals surface area (Å²) in [5.41, 5.74) is 14.5. The van der Waals surface area contributed by atoms with Gasteiger partial charge in [-0.1, -0.05) is 36.4 Å². The maximum atomic E-state index is 12.4. The number of aromatic nitrogens is 1. The molecule has 7 nitrogen and oxygen atoms in total. The third-order valence-electron chi connectivity index (χ3n) is 4.19. The summed E-state index contributed by atoms with van der Waals surface area (Å²) in [6.07, 6.45) is 2.67. The molecule has 1 unspecified atom stereocenters. The standard InChI is InChI=1S/C21H20N4O3.ClH/c22-18-6-2-1-5-17(18)19(15-7-9-16(10-8-15)20(23)26)25-21(27)28-13-14-4-3-11-24-12-14;/h1-12,19H,13,22H2,(H2,23,26)(H,25,27);1H. The third-order valence-corrected chi connectivity index (χ3v) is 4.19. The van der Waals surface area contributed by atoms with Crippen LogP contribution in [-0.2, 0) is 11.3 Å². The smallest absolute Gasteiger partial charge is 0.408 e. The zero-order chi connectivity index (χ0) is 19.9. The maximum absolute atomic E-state index is 12.4. The van der Waals surface area contributed by atoms with Crippen LogP contribution in [0.15, 0.2) is 73.1 Å². The highest BCUT2D eigenvalue weighted by Gasteiger charge is 2.20. The number of nitrogens with zero attached hydrogens (tertiary/aromatic N) is 1. The number of nitrogens with two attached hydrogens (primary N) is 2. The second-order valence-corrected chi connectivity index (χ2v) is 6.13. The average molecular weight is 413 g/mol. The number of para-hydroxylation sites is 1. The van der Waals surface area contributed by atoms with Gasteiger partial charge in [0.05, 0.1) is 6.04 Å². The lowest BCUT2D eigenvalue weighted by atomic mass is 9.96. The Labute approximate surface area is 174 Å².